The van der Waals surface area contributed by atoms with Crippen LogP contribution in [-0.2, 0) is 14.2 Å². The van der Waals surface area contributed by atoms with Gasteiger partial charge in [-0.2, -0.15) is 0 Å². The van der Waals surface area contributed by atoms with Crippen LogP contribution in [0.5, 0.6) is 0 Å². The Hall–Kier alpha value is -1.69. The summed E-state index contributed by atoms with van der Waals surface area (Å²) in [4.78, 5) is 33.9. The van der Waals surface area contributed by atoms with Gasteiger partial charge in [-0.05, 0) is 12.1 Å². The summed E-state index contributed by atoms with van der Waals surface area (Å²) in [5, 5.41) is 13.8. The lowest BCUT2D eigenvalue weighted by molar-refractivity contribution is -0.123. The Morgan fingerprint density at radius 1 is 0.938 bits per heavy atom. The molecule has 0 aromatic heterocycles. The van der Waals surface area contributed by atoms with Crippen LogP contribution in [0, 0.1) is 0 Å². The van der Waals surface area contributed by atoms with E-state index in [1.54, 1.807) is 18.2 Å². The highest BCUT2D eigenvalue weighted by molar-refractivity contribution is 7.60. The molecule has 1 aromatic rings. The van der Waals surface area contributed by atoms with Crippen molar-refractivity contribution in [1.29, 1.82) is 0 Å². The SMILES string of the molecule is O=CO.O=CO.O=P(O)(O)c1ccccc1. The predicted octanol–water partition coefficient (Wildman–Crippen LogP) is -0.109. The van der Waals surface area contributed by atoms with Gasteiger partial charge in [-0.3, -0.25) is 14.2 Å². The highest BCUT2D eigenvalue weighted by Gasteiger charge is 2.14. The first kappa shape index (κ1) is 16.7. The van der Waals surface area contributed by atoms with Crippen molar-refractivity contribution in [3.05, 3.63) is 30.3 Å². The average molecular weight is 250 g/mol. The van der Waals surface area contributed by atoms with Crippen LogP contribution in [0.25, 0.3) is 0 Å². The Morgan fingerprint density at radius 3 is 1.44 bits per heavy atom. The first-order valence-corrected chi connectivity index (χ1v) is 5.32. The number of carbonyl (C=O) groups is 2. The molecule has 0 aliphatic heterocycles. The van der Waals surface area contributed by atoms with Crippen LogP contribution in [0.1, 0.15) is 0 Å². The maximum Gasteiger partial charge on any atom is 0.356 e. The Labute approximate surface area is 91.1 Å². The van der Waals surface area contributed by atoms with Gasteiger partial charge < -0.3 is 20.0 Å². The van der Waals surface area contributed by atoms with E-state index in [9.17, 15) is 4.57 Å². The summed E-state index contributed by atoms with van der Waals surface area (Å²) in [6.07, 6.45) is 0. The minimum Gasteiger partial charge on any atom is -0.483 e. The second kappa shape index (κ2) is 9.85. The molecule has 90 valence electrons. The van der Waals surface area contributed by atoms with Crippen molar-refractivity contribution in [3.63, 3.8) is 0 Å². The number of rotatable bonds is 1. The van der Waals surface area contributed by atoms with E-state index in [0.717, 1.165) is 0 Å². The van der Waals surface area contributed by atoms with Crippen LogP contribution < -0.4 is 5.30 Å². The minimum absolute atomic E-state index is 0.0648. The molecule has 0 spiro atoms. The summed E-state index contributed by atoms with van der Waals surface area (Å²) in [5.74, 6) is 0. The fourth-order valence-electron chi connectivity index (χ4n) is 0.622. The van der Waals surface area contributed by atoms with E-state index >= 15 is 0 Å². The van der Waals surface area contributed by atoms with Crippen LogP contribution in [0.2, 0.25) is 0 Å². The number of hydrogen-bond acceptors (Lipinski definition) is 3. The van der Waals surface area contributed by atoms with E-state index in [4.69, 9.17) is 29.6 Å². The van der Waals surface area contributed by atoms with E-state index in [1.165, 1.54) is 12.1 Å². The Kier molecular flexibility index (Phi) is 10.3. The van der Waals surface area contributed by atoms with Gasteiger partial charge >= 0.3 is 7.60 Å². The third-order valence-electron chi connectivity index (χ3n) is 1.09. The maximum absolute atomic E-state index is 10.5. The largest absolute Gasteiger partial charge is 0.483 e. The van der Waals surface area contributed by atoms with Gasteiger partial charge in [-0.15, -0.1) is 0 Å². The van der Waals surface area contributed by atoms with Crippen molar-refractivity contribution in [3.8, 4) is 0 Å². The first-order chi connectivity index (χ1) is 7.43. The quantitative estimate of drug-likeness (QED) is 0.403. The summed E-state index contributed by atoms with van der Waals surface area (Å²) in [6.45, 7) is -0.500. The molecule has 0 unspecified atom stereocenters. The first-order valence-electron chi connectivity index (χ1n) is 3.70. The van der Waals surface area contributed by atoms with Gasteiger partial charge in [0.1, 0.15) is 0 Å². The summed E-state index contributed by atoms with van der Waals surface area (Å²) in [6, 6.07) is 7.70. The Bertz CT molecular complexity index is 325. The molecule has 0 saturated carbocycles. The van der Waals surface area contributed by atoms with Crippen LogP contribution in [0.15, 0.2) is 30.3 Å². The van der Waals surface area contributed by atoms with Crippen molar-refractivity contribution >= 4 is 25.8 Å². The van der Waals surface area contributed by atoms with E-state index in [1.807, 2.05) is 0 Å². The van der Waals surface area contributed by atoms with Gasteiger partial charge in [0, 0.05) is 0 Å². The molecule has 0 aliphatic rings. The topological polar surface area (TPSA) is 132 Å². The highest BCUT2D eigenvalue weighted by atomic mass is 31.2. The molecule has 0 radical (unpaired) electrons. The molecule has 0 amide bonds. The van der Waals surface area contributed by atoms with Gasteiger partial charge in [0.25, 0.3) is 12.9 Å². The van der Waals surface area contributed by atoms with Gasteiger partial charge in [0.15, 0.2) is 0 Å². The molecule has 0 aliphatic carbocycles. The van der Waals surface area contributed by atoms with E-state index in [0.29, 0.717) is 0 Å². The summed E-state index contributed by atoms with van der Waals surface area (Å²) < 4.78 is 10.5. The molecule has 0 bridgehead atoms. The second-order valence-electron chi connectivity index (χ2n) is 2.09. The molecule has 4 N–H and O–H groups in total. The Morgan fingerprint density at radius 2 is 1.25 bits per heavy atom. The predicted molar refractivity (Wildman–Crippen MR) is 55.5 cm³/mol. The monoisotopic (exact) mass is 250 g/mol. The van der Waals surface area contributed by atoms with Crippen LogP contribution in [0.3, 0.4) is 0 Å². The van der Waals surface area contributed by atoms with Gasteiger partial charge in [-0.25, -0.2) is 0 Å². The summed E-state index contributed by atoms with van der Waals surface area (Å²) in [5.41, 5.74) is 0. The molecule has 0 heterocycles. The molecule has 0 atom stereocenters. The van der Waals surface area contributed by atoms with E-state index in [2.05, 4.69) is 0 Å². The van der Waals surface area contributed by atoms with Crippen molar-refractivity contribution < 1.29 is 34.2 Å². The third-order valence-corrected chi connectivity index (χ3v) is 2.06. The lowest BCUT2D eigenvalue weighted by atomic mass is 10.4. The van der Waals surface area contributed by atoms with Crippen molar-refractivity contribution in [2.24, 2.45) is 0 Å². The molecule has 0 fully saturated rings. The molecular weight excluding hydrogens is 239 g/mol. The van der Waals surface area contributed by atoms with Gasteiger partial charge in [0.2, 0.25) is 0 Å². The van der Waals surface area contributed by atoms with Crippen LogP contribution in [0.4, 0.5) is 0 Å². The molecule has 1 rings (SSSR count). The number of benzene rings is 1. The molecule has 8 heteroatoms. The lowest BCUT2D eigenvalue weighted by Gasteiger charge is -2.00. The zero-order chi connectivity index (χ0) is 13.0. The van der Waals surface area contributed by atoms with E-state index in [-0.39, 0.29) is 18.2 Å². The molecule has 0 saturated heterocycles. The highest BCUT2D eigenvalue weighted by Crippen LogP contribution is 2.32. The fourth-order valence-corrected chi connectivity index (χ4v) is 1.18. The van der Waals surface area contributed by atoms with Crippen molar-refractivity contribution in [2.45, 2.75) is 0 Å². The standard InChI is InChI=1S/C6H7O3P.2CH2O2/c7-10(8,9)6-4-2-1-3-5-6;2*2-1-3/h1-5H,(H2,7,8,9);2*1H,(H,2,3). The normalized spacial score (nSPS) is 8.62. The number of hydrogen-bond donors (Lipinski definition) is 4. The zero-order valence-corrected chi connectivity index (χ0v) is 8.90. The summed E-state index contributed by atoms with van der Waals surface area (Å²) in [7, 11) is -4.02. The molecule has 7 nitrogen and oxygen atoms in total. The van der Waals surface area contributed by atoms with E-state index < -0.39 is 7.60 Å². The van der Waals surface area contributed by atoms with Gasteiger partial charge in [-0.1, -0.05) is 18.2 Å². The minimum atomic E-state index is -4.02. The Balaban J connectivity index is 0. The van der Waals surface area contributed by atoms with Crippen LogP contribution in [-0.4, -0.2) is 32.9 Å². The molecule has 1 aromatic carbocycles. The lowest BCUT2D eigenvalue weighted by Crippen LogP contribution is -2.01. The third kappa shape index (κ3) is 10.4. The average Bonchev–Trinajstić information content (AvgIpc) is 2.20. The van der Waals surface area contributed by atoms with Crippen molar-refractivity contribution in [1.82, 2.24) is 0 Å². The zero-order valence-electron chi connectivity index (χ0n) is 8.00. The molecular formula is C8H11O7P. The van der Waals surface area contributed by atoms with Gasteiger partial charge in [0.05, 0.1) is 5.30 Å². The second-order valence-corrected chi connectivity index (χ2v) is 3.69. The van der Waals surface area contributed by atoms with Crippen LogP contribution >= 0.6 is 7.60 Å². The van der Waals surface area contributed by atoms with Crippen molar-refractivity contribution in [2.75, 3.05) is 0 Å². The smallest absolute Gasteiger partial charge is 0.356 e. The maximum atomic E-state index is 10.5. The number of carboxylic acid groups (broad SMARTS) is 2. The fraction of sp³-hybridized carbons (Fsp3) is 0. The summed E-state index contributed by atoms with van der Waals surface area (Å²) >= 11 is 0. The molecule has 16 heavy (non-hydrogen) atoms.